The van der Waals surface area contributed by atoms with E-state index in [9.17, 15) is 13.2 Å². The lowest BCUT2D eigenvalue weighted by Gasteiger charge is -2.15. The molecule has 0 unspecified atom stereocenters. The van der Waals surface area contributed by atoms with Crippen molar-refractivity contribution in [3.8, 4) is 16.9 Å². The molecule has 4 aromatic rings. The van der Waals surface area contributed by atoms with Crippen LogP contribution < -0.4 is 0 Å². The molecule has 33 heavy (non-hydrogen) atoms. The third-order valence-corrected chi connectivity index (χ3v) is 6.20. The van der Waals surface area contributed by atoms with E-state index in [0.29, 0.717) is 22.0 Å². The van der Waals surface area contributed by atoms with Crippen LogP contribution in [-0.4, -0.2) is 21.2 Å². The zero-order valence-corrected chi connectivity index (χ0v) is 18.4. The van der Waals surface area contributed by atoms with Gasteiger partial charge in [0.1, 0.15) is 0 Å². The number of benzene rings is 3. The average molecular weight is 468 g/mol. The number of hydrogen-bond acceptors (Lipinski definition) is 2. The molecule has 1 aliphatic rings. The van der Waals surface area contributed by atoms with E-state index in [1.807, 2.05) is 24.3 Å². The summed E-state index contributed by atoms with van der Waals surface area (Å²) >= 11 is 5.94. The minimum atomic E-state index is -4.53. The van der Waals surface area contributed by atoms with Crippen molar-refractivity contribution in [2.24, 2.45) is 0 Å². The number of hydrogen-bond donors (Lipinski definition) is 0. The van der Waals surface area contributed by atoms with Gasteiger partial charge in [-0.1, -0.05) is 60.1 Å². The van der Waals surface area contributed by atoms with E-state index in [4.69, 9.17) is 11.6 Å². The number of aromatic nitrogens is 2. The Balaban J connectivity index is 1.35. The quantitative estimate of drug-likeness (QED) is 0.323. The van der Waals surface area contributed by atoms with E-state index in [1.54, 1.807) is 24.3 Å². The Kier molecular flexibility index (Phi) is 5.72. The maximum Gasteiger partial charge on any atom is 0.435 e. The highest BCUT2D eigenvalue weighted by Gasteiger charge is 2.35. The molecule has 0 spiro atoms. The Morgan fingerprint density at radius 1 is 0.848 bits per heavy atom. The summed E-state index contributed by atoms with van der Waals surface area (Å²) in [4.78, 5) is 2.41. The molecule has 0 N–H and O–H groups in total. The van der Waals surface area contributed by atoms with E-state index in [-0.39, 0.29) is 0 Å². The van der Waals surface area contributed by atoms with Crippen LogP contribution in [0.4, 0.5) is 13.2 Å². The number of nitrogens with zero attached hydrogens (tertiary/aromatic N) is 3. The molecule has 3 aromatic carbocycles. The maximum absolute atomic E-state index is 13.4. The van der Waals surface area contributed by atoms with E-state index >= 15 is 0 Å². The highest BCUT2D eigenvalue weighted by atomic mass is 35.5. The fourth-order valence-corrected chi connectivity index (χ4v) is 4.32. The van der Waals surface area contributed by atoms with Crippen molar-refractivity contribution in [3.05, 3.63) is 106 Å². The van der Waals surface area contributed by atoms with Gasteiger partial charge in [-0.05, 0) is 53.4 Å². The van der Waals surface area contributed by atoms with Crippen LogP contribution in [0.15, 0.2) is 78.9 Å². The van der Waals surface area contributed by atoms with Crippen molar-refractivity contribution >= 4 is 11.6 Å². The molecule has 0 aliphatic carbocycles. The van der Waals surface area contributed by atoms with Gasteiger partial charge in [-0.2, -0.15) is 18.3 Å². The number of alkyl halides is 3. The molecule has 3 nitrogen and oxygen atoms in total. The molecule has 0 amide bonds. The number of rotatable bonds is 5. The first-order valence-electron chi connectivity index (χ1n) is 10.7. The summed E-state index contributed by atoms with van der Waals surface area (Å²) in [6.45, 7) is 2.83. The van der Waals surface area contributed by atoms with Gasteiger partial charge in [0.15, 0.2) is 5.69 Å². The average Bonchev–Trinajstić information content (AvgIpc) is 3.43. The van der Waals surface area contributed by atoms with Crippen molar-refractivity contribution in [1.82, 2.24) is 14.7 Å². The van der Waals surface area contributed by atoms with E-state index in [2.05, 4.69) is 34.3 Å². The zero-order valence-electron chi connectivity index (χ0n) is 17.7. The second-order valence-electron chi connectivity index (χ2n) is 8.23. The van der Waals surface area contributed by atoms with E-state index < -0.39 is 11.9 Å². The molecule has 7 heteroatoms. The van der Waals surface area contributed by atoms with Gasteiger partial charge in [-0.15, -0.1) is 0 Å². The molecule has 0 saturated carbocycles. The van der Waals surface area contributed by atoms with Crippen molar-refractivity contribution in [2.45, 2.75) is 25.7 Å². The lowest BCUT2D eigenvalue weighted by molar-refractivity contribution is -0.141. The van der Waals surface area contributed by atoms with Gasteiger partial charge in [0.25, 0.3) is 0 Å². The van der Waals surface area contributed by atoms with Crippen LogP contribution in [0, 0.1) is 0 Å². The SMILES string of the molecule is FC(F)(F)c1cc(-c2ccc(CCN3Cc4ccccc4C3)cc2)n(-c2ccc(Cl)cc2)n1. The Morgan fingerprint density at radius 3 is 2.09 bits per heavy atom. The van der Waals surface area contributed by atoms with Crippen LogP contribution in [0.2, 0.25) is 5.02 Å². The smallest absolute Gasteiger partial charge is 0.294 e. The minimum absolute atomic E-state index is 0.381. The lowest BCUT2D eigenvalue weighted by atomic mass is 10.1. The third kappa shape index (κ3) is 4.68. The second kappa shape index (κ2) is 8.69. The normalized spacial score (nSPS) is 13.9. The Hall–Kier alpha value is -3.09. The monoisotopic (exact) mass is 467 g/mol. The largest absolute Gasteiger partial charge is 0.435 e. The number of fused-ring (bicyclic) bond motifs is 1. The van der Waals surface area contributed by atoms with Gasteiger partial charge in [0, 0.05) is 30.2 Å². The predicted octanol–water partition coefficient (Wildman–Crippen LogP) is 6.77. The van der Waals surface area contributed by atoms with Crippen molar-refractivity contribution < 1.29 is 13.2 Å². The molecule has 2 heterocycles. The Labute approximate surface area is 195 Å². The Morgan fingerprint density at radius 2 is 1.48 bits per heavy atom. The van der Waals surface area contributed by atoms with Crippen molar-refractivity contribution in [1.29, 1.82) is 0 Å². The van der Waals surface area contributed by atoms with Gasteiger partial charge < -0.3 is 0 Å². The molecule has 0 fully saturated rings. The van der Waals surface area contributed by atoms with Crippen molar-refractivity contribution in [2.75, 3.05) is 6.54 Å². The van der Waals surface area contributed by atoms with E-state index in [0.717, 1.165) is 37.7 Å². The fraction of sp³-hybridized carbons (Fsp3) is 0.192. The molecular formula is C26H21ClF3N3. The third-order valence-electron chi connectivity index (χ3n) is 5.94. The van der Waals surface area contributed by atoms with Gasteiger partial charge >= 0.3 is 6.18 Å². The molecule has 0 saturated heterocycles. The maximum atomic E-state index is 13.4. The van der Waals surface area contributed by atoms with Crippen molar-refractivity contribution in [3.63, 3.8) is 0 Å². The van der Waals surface area contributed by atoms with Gasteiger partial charge in [-0.3, -0.25) is 4.90 Å². The van der Waals surface area contributed by atoms with Crippen LogP contribution >= 0.6 is 11.6 Å². The fourth-order valence-electron chi connectivity index (χ4n) is 4.20. The molecular weight excluding hydrogens is 447 g/mol. The summed E-state index contributed by atoms with van der Waals surface area (Å²) in [5, 5.41) is 4.34. The molecule has 0 atom stereocenters. The summed E-state index contributed by atoms with van der Waals surface area (Å²) in [5.41, 5.74) is 4.54. The standard InChI is InChI=1S/C26H21ClF3N3/c27-22-9-11-23(12-10-22)33-24(15-25(31-33)26(28,29)30)19-7-5-18(6-8-19)13-14-32-16-20-3-1-2-4-21(20)17-32/h1-12,15H,13-14,16-17H2. The van der Waals surface area contributed by atoms with Crippen LogP contribution in [0.3, 0.4) is 0 Å². The first-order chi connectivity index (χ1) is 15.9. The van der Waals surface area contributed by atoms with Gasteiger partial charge in [0.05, 0.1) is 11.4 Å². The highest BCUT2D eigenvalue weighted by Crippen LogP contribution is 2.33. The summed E-state index contributed by atoms with van der Waals surface area (Å²) < 4.78 is 41.5. The predicted molar refractivity (Wildman–Crippen MR) is 123 cm³/mol. The van der Waals surface area contributed by atoms with E-state index in [1.165, 1.54) is 15.8 Å². The van der Waals surface area contributed by atoms with Crippen LogP contribution in [0.25, 0.3) is 16.9 Å². The lowest BCUT2D eigenvalue weighted by Crippen LogP contribution is -2.19. The molecule has 168 valence electrons. The first-order valence-corrected chi connectivity index (χ1v) is 11.1. The topological polar surface area (TPSA) is 21.1 Å². The molecule has 1 aliphatic heterocycles. The summed E-state index contributed by atoms with van der Waals surface area (Å²) in [6, 6.07) is 23.8. The van der Waals surface area contributed by atoms with Gasteiger partial charge in [0.2, 0.25) is 0 Å². The highest BCUT2D eigenvalue weighted by molar-refractivity contribution is 6.30. The zero-order chi connectivity index (χ0) is 23.0. The van der Waals surface area contributed by atoms with Crippen LogP contribution in [-0.2, 0) is 25.7 Å². The van der Waals surface area contributed by atoms with Crippen LogP contribution in [0.5, 0.6) is 0 Å². The summed E-state index contributed by atoms with van der Waals surface area (Å²) in [7, 11) is 0. The minimum Gasteiger partial charge on any atom is -0.294 e. The van der Waals surface area contributed by atoms with Gasteiger partial charge in [-0.25, -0.2) is 4.68 Å². The molecule has 5 rings (SSSR count). The van der Waals surface area contributed by atoms with Crippen LogP contribution in [0.1, 0.15) is 22.4 Å². The molecule has 0 bridgehead atoms. The second-order valence-corrected chi connectivity index (χ2v) is 8.66. The molecule has 0 radical (unpaired) electrons. The summed E-state index contributed by atoms with van der Waals surface area (Å²) in [6.07, 6.45) is -3.65. The number of halogens is 4. The molecule has 1 aromatic heterocycles. The summed E-state index contributed by atoms with van der Waals surface area (Å²) in [5.74, 6) is 0. The first kappa shape index (κ1) is 21.7. The Bertz CT molecular complexity index is 1240.